The number of amides is 1. The Morgan fingerprint density at radius 2 is 2.21 bits per heavy atom. The number of aromatic nitrogens is 2. The van der Waals surface area contributed by atoms with Crippen LogP contribution in [0.25, 0.3) is 0 Å². The SMILES string of the molecule is CC(C)CNC(=O)c1ccn(COc2ccc([N+](=O)[O-])cc2Cl)n1. The van der Waals surface area contributed by atoms with Crippen LogP contribution in [0, 0.1) is 16.0 Å². The van der Waals surface area contributed by atoms with Gasteiger partial charge >= 0.3 is 0 Å². The molecule has 0 saturated carbocycles. The molecule has 0 spiro atoms. The van der Waals surface area contributed by atoms with Crippen molar-refractivity contribution in [2.45, 2.75) is 20.6 Å². The molecular weight excluding hydrogens is 336 g/mol. The number of ether oxygens (including phenoxy) is 1. The van der Waals surface area contributed by atoms with Crippen molar-refractivity contribution in [1.29, 1.82) is 0 Å². The van der Waals surface area contributed by atoms with E-state index in [1.54, 1.807) is 12.3 Å². The average Bonchev–Trinajstić information content (AvgIpc) is 3.00. The maximum absolute atomic E-state index is 11.9. The third-order valence-corrected chi connectivity index (χ3v) is 3.32. The van der Waals surface area contributed by atoms with E-state index in [0.717, 1.165) is 0 Å². The van der Waals surface area contributed by atoms with Gasteiger partial charge in [-0.05, 0) is 18.1 Å². The van der Waals surface area contributed by atoms with Crippen molar-refractivity contribution in [2.24, 2.45) is 5.92 Å². The van der Waals surface area contributed by atoms with E-state index in [1.807, 2.05) is 13.8 Å². The third kappa shape index (κ3) is 4.69. The molecule has 1 heterocycles. The van der Waals surface area contributed by atoms with Crippen LogP contribution in [0.2, 0.25) is 5.02 Å². The van der Waals surface area contributed by atoms with Crippen LogP contribution in [0.1, 0.15) is 24.3 Å². The summed E-state index contributed by atoms with van der Waals surface area (Å²) < 4.78 is 6.90. The highest BCUT2D eigenvalue weighted by Crippen LogP contribution is 2.28. The number of nitrogens with zero attached hydrogens (tertiary/aromatic N) is 3. The number of carbonyl (C=O) groups is 1. The molecule has 0 aliphatic carbocycles. The molecular formula is C15H17ClN4O4. The van der Waals surface area contributed by atoms with E-state index in [4.69, 9.17) is 16.3 Å². The van der Waals surface area contributed by atoms with Gasteiger partial charge < -0.3 is 10.1 Å². The van der Waals surface area contributed by atoms with Crippen molar-refractivity contribution in [1.82, 2.24) is 15.1 Å². The van der Waals surface area contributed by atoms with Gasteiger partial charge in [-0.2, -0.15) is 5.10 Å². The molecule has 0 saturated heterocycles. The Morgan fingerprint density at radius 3 is 2.83 bits per heavy atom. The Bertz CT molecular complexity index is 745. The quantitative estimate of drug-likeness (QED) is 0.610. The molecule has 24 heavy (non-hydrogen) atoms. The number of nitro groups is 1. The zero-order valence-corrected chi connectivity index (χ0v) is 14.0. The molecule has 1 aromatic carbocycles. The monoisotopic (exact) mass is 352 g/mol. The smallest absolute Gasteiger partial charge is 0.271 e. The number of nitrogens with one attached hydrogen (secondary N) is 1. The van der Waals surface area contributed by atoms with Crippen molar-refractivity contribution < 1.29 is 14.5 Å². The van der Waals surface area contributed by atoms with Crippen molar-refractivity contribution in [3.05, 3.63) is 51.3 Å². The first-order valence-corrected chi connectivity index (χ1v) is 7.63. The van der Waals surface area contributed by atoms with Crippen LogP contribution in [-0.4, -0.2) is 27.2 Å². The van der Waals surface area contributed by atoms with Gasteiger partial charge in [0.15, 0.2) is 6.73 Å². The topological polar surface area (TPSA) is 99.3 Å². The minimum atomic E-state index is -0.536. The summed E-state index contributed by atoms with van der Waals surface area (Å²) in [6, 6.07) is 5.51. The van der Waals surface area contributed by atoms with Gasteiger partial charge in [-0.1, -0.05) is 25.4 Å². The molecule has 1 amide bonds. The summed E-state index contributed by atoms with van der Waals surface area (Å²) in [6.07, 6.45) is 1.60. The van der Waals surface area contributed by atoms with Crippen molar-refractivity contribution in [3.63, 3.8) is 0 Å². The van der Waals surface area contributed by atoms with Gasteiger partial charge in [0.25, 0.3) is 11.6 Å². The first-order chi connectivity index (χ1) is 11.4. The lowest BCUT2D eigenvalue weighted by molar-refractivity contribution is -0.384. The van der Waals surface area contributed by atoms with Gasteiger partial charge in [0.05, 0.1) is 9.95 Å². The molecule has 1 aromatic heterocycles. The molecule has 9 heteroatoms. The zero-order chi connectivity index (χ0) is 17.7. The number of carbonyl (C=O) groups excluding carboxylic acids is 1. The summed E-state index contributed by atoms with van der Waals surface area (Å²) in [5.41, 5.74) is 0.171. The first kappa shape index (κ1) is 17.7. The van der Waals surface area contributed by atoms with Crippen LogP contribution in [0.5, 0.6) is 5.75 Å². The Kier molecular flexibility index (Phi) is 5.75. The zero-order valence-electron chi connectivity index (χ0n) is 13.2. The molecule has 2 aromatic rings. The standard InChI is InChI=1S/C15H17ClN4O4/c1-10(2)8-17-15(21)13-5-6-19(18-13)9-24-14-4-3-11(20(22)23)7-12(14)16/h3-7,10H,8-9H2,1-2H3,(H,17,21). The van der Waals surface area contributed by atoms with Crippen LogP contribution < -0.4 is 10.1 Å². The van der Waals surface area contributed by atoms with Crippen LogP contribution in [0.3, 0.4) is 0 Å². The molecule has 0 radical (unpaired) electrons. The lowest BCUT2D eigenvalue weighted by Gasteiger charge is -2.08. The summed E-state index contributed by atoms with van der Waals surface area (Å²) >= 11 is 5.94. The Balaban J connectivity index is 1.96. The molecule has 0 bridgehead atoms. The second-order valence-electron chi connectivity index (χ2n) is 5.49. The molecule has 8 nitrogen and oxygen atoms in total. The van der Waals surface area contributed by atoms with Crippen LogP contribution in [0.15, 0.2) is 30.5 Å². The van der Waals surface area contributed by atoms with E-state index in [2.05, 4.69) is 10.4 Å². The second kappa shape index (κ2) is 7.78. The highest BCUT2D eigenvalue weighted by atomic mass is 35.5. The first-order valence-electron chi connectivity index (χ1n) is 7.25. The normalized spacial score (nSPS) is 10.7. The van der Waals surface area contributed by atoms with Crippen molar-refractivity contribution in [3.8, 4) is 5.75 Å². The minimum Gasteiger partial charge on any atom is -0.470 e. The van der Waals surface area contributed by atoms with Gasteiger partial charge in [-0.3, -0.25) is 14.9 Å². The molecule has 0 unspecified atom stereocenters. The van der Waals surface area contributed by atoms with Gasteiger partial charge in [-0.15, -0.1) is 0 Å². The Hall–Kier alpha value is -2.61. The summed E-state index contributed by atoms with van der Waals surface area (Å²) in [6.45, 7) is 4.59. The second-order valence-corrected chi connectivity index (χ2v) is 5.90. The molecule has 2 rings (SSSR count). The molecule has 0 fully saturated rings. The molecule has 128 valence electrons. The number of hydrogen-bond acceptors (Lipinski definition) is 5. The average molecular weight is 353 g/mol. The van der Waals surface area contributed by atoms with E-state index in [-0.39, 0.29) is 29.0 Å². The van der Waals surface area contributed by atoms with E-state index in [0.29, 0.717) is 18.2 Å². The van der Waals surface area contributed by atoms with Gasteiger partial charge in [-0.25, -0.2) is 4.68 Å². The van der Waals surface area contributed by atoms with Crippen LogP contribution in [-0.2, 0) is 6.73 Å². The fourth-order valence-electron chi connectivity index (χ4n) is 1.80. The maximum Gasteiger partial charge on any atom is 0.271 e. The summed E-state index contributed by atoms with van der Waals surface area (Å²) in [5.74, 6) is 0.392. The predicted molar refractivity (Wildman–Crippen MR) is 88.1 cm³/mol. The van der Waals surface area contributed by atoms with Crippen molar-refractivity contribution >= 4 is 23.2 Å². The number of rotatable bonds is 7. The number of hydrogen-bond donors (Lipinski definition) is 1. The summed E-state index contributed by atoms with van der Waals surface area (Å²) in [4.78, 5) is 22.0. The van der Waals surface area contributed by atoms with Gasteiger partial charge in [0.2, 0.25) is 0 Å². The maximum atomic E-state index is 11.9. The number of non-ortho nitro benzene ring substituents is 1. The highest BCUT2D eigenvalue weighted by molar-refractivity contribution is 6.32. The van der Waals surface area contributed by atoms with E-state index < -0.39 is 4.92 Å². The van der Waals surface area contributed by atoms with E-state index in [1.165, 1.54) is 22.9 Å². The lowest BCUT2D eigenvalue weighted by Crippen LogP contribution is -2.27. The van der Waals surface area contributed by atoms with Crippen molar-refractivity contribution in [2.75, 3.05) is 6.54 Å². The summed E-state index contributed by atoms with van der Waals surface area (Å²) in [5, 5.41) is 17.7. The van der Waals surface area contributed by atoms with Crippen LogP contribution in [0.4, 0.5) is 5.69 Å². The molecule has 0 aliphatic rings. The minimum absolute atomic E-state index is 0.0228. The largest absolute Gasteiger partial charge is 0.470 e. The molecule has 1 N–H and O–H groups in total. The number of halogens is 1. The van der Waals surface area contributed by atoms with Crippen LogP contribution >= 0.6 is 11.6 Å². The molecule has 0 atom stereocenters. The number of benzene rings is 1. The predicted octanol–water partition coefficient (Wildman–Crippen LogP) is 2.87. The third-order valence-electron chi connectivity index (χ3n) is 3.02. The molecule has 0 aliphatic heterocycles. The van der Waals surface area contributed by atoms with Gasteiger partial charge in [0.1, 0.15) is 11.4 Å². The lowest BCUT2D eigenvalue weighted by atomic mass is 10.2. The Labute approximate surface area is 143 Å². The summed E-state index contributed by atoms with van der Waals surface area (Å²) in [7, 11) is 0. The Morgan fingerprint density at radius 1 is 1.46 bits per heavy atom. The van der Waals surface area contributed by atoms with Gasteiger partial charge in [0, 0.05) is 24.9 Å². The van der Waals surface area contributed by atoms with E-state index in [9.17, 15) is 14.9 Å². The fraction of sp³-hybridized carbons (Fsp3) is 0.333. The highest BCUT2D eigenvalue weighted by Gasteiger charge is 2.12. The number of nitro benzene ring substituents is 1. The fourth-order valence-corrected chi connectivity index (χ4v) is 2.03. The van der Waals surface area contributed by atoms with E-state index >= 15 is 0 Å².